The van der Waals surface area contributed by atoms with Crippen molar-refractivity contribution in [3.63, 3.8) is 0 Å². The number of benzene rings is 2. The van der Waals surface area contributed by atoms with E-state index in [2.05, 4.69) is 30.2 Å². The Balaban J connectivity index is 1.35. The third kappa shape index (κ3) is 4.57. The van der Waals surface area contributed by atoms with Crippen molar-refractivity contribution in [3.05, 3.63) is 89.2 Å². The van der Waals surface area contributed by atoms with Crippen LogP contribution in [0, 0.1) is 0 Å². The van der Waals surface area contributed by atoms with Crippen molar-refractivity contribution < 1.29 is 14.3 Å². The van der Waals surface area contributed by atoms with Crippen LogP contribution >= 0.6 is 0 Å². The molecule has 4 rings (SSSR count). The Kier molecular flexibility index (Phi) is 5.21. The molecule has 0 aliphatic carbocycles. The van der Waals surface area contributed by atoms with Crippen molar-refractivity contribution in [2.24, 2.45) is 0 Å². The molecule has 1 amide bonds. The summed E-state index contributed by atoms with van der Waals surface area (Å²) in [5.41, 5.74) is 3.39. The fraction of sp³-hybridized carbons (Fsp3) is 0.250. The minimum absolute atomic E-state index is 0.125. The fourth-order valence-corrected chi connectivity index (χ4v) is 3.39. The molecule has 1 aliphatic heterocycles. The zero-order valence-corrected chi connectivity index (χ0v) is 16.6. The van der Waals surface area contributed by atoms with Crippen molar-refractivity contribution in [2.75, 3.05) is 0 Å². The van der Waals surface area contributed by atoms with Gasteiger partial charge in [-0.05, 0) is 49.7 Å². The molecule has 2 aromatic carbocycles. The van der Waals surface area contributed by atoms with E-state index in [1.54, 1.807) is 6.20 Å². The topological polar surface area (TPSA) is 60.5 Å². The largest absolute Gasteiger partial charge is 0.485 e. The molecule has 29 heavy (non-hydrogen) atoms. The number of para-hydroxylation sites is 1. The average Bonchev–Trinajstić information content (AvgIpc) is 3.06. The van der Waals surface area contributed by atoms with Gasteiger partial charge in [0.05, 0.1) is 12.2 Å². The van der Waals surface area contributed by atoms with Gasteiger partial charge in [-0.3, -0.25) is 9.78 Å². The van der Waals surface area contributed by atoms with E-state index in [9.17, 15) is 4.79 Å². The van der Waals surface area contributed by atoms with Crippen molar-refractivity contribution >= 4 is 5.91 Å². The molecule has 5 heteroatoms. The number of pyridine rings is 1. The highest BCUT2D eigenvalue weighted by Crippen LogP contribution is 2.41. The number of amides is 1. The Bertz CT molecular complexity index is 998. The second kappa shape index (κ2) is 7.95. The Hall–Kier alpha value is -3.34. The number of ether oxygens (including phenoxy) is 2. The average molecular weight is 388 g/mol. The lowest BCUT2D eigenvalue weighted by molar-refractivity contribution is 0.0950. The van der Waals surface area contributed by atoms with E-state index in [0.29, 0.717) is 18.7 Å². The van der Waals surface area contributed by atoms with Gasteiger partial charge in [0.1, 0.15) is 12.2 Å². The van der Waals surface area contributed by atoms with E-state index >= 15 is 0 Å². The first kappa shape index (κ1) is 19.0. The van der Waals surface area contributed by atoms with E-state index in [0.717, 1.165) is 29.2 Å². The van der Waals surface area contributed by atoms with Crippen LogP contribution in [-0.2, 0) is 19.6 Å². The van der Waals surface area contributed by atoms with Gasteiger partial charge in [0.2, 0.25) is 0 Å². The van der Waals surface area contributed by atoms with E-state index in [1.807, 2.05) is 54.6 Å². The first-order valence-corrected chi connectivity index (χ1v) is 9.71. The number of nitrogens with one attached hydrogen (secondary N) is 1. The lowest BCUT2D eigenvalue weighted by atomic mass is 10.0. The summed E-state index contributed by atoms with van der Waals surface area (Å²) in [5.74, 6) is 1.47. The molecule has 1 N–H and O–H groups in total. The van der Waals surface area contributed by atoms with Gasteiger partial charge in [-0.1, -0.05) is 30.3 Å². The normalized spacial score (nSPS) is 14.0. The SMILES string of the molecule is CC1(C)Cc2cccc(OCc3ccc(C(=O)NCc4ccccn4)cc3)c2O1. The second-order valence-corrected chi connectivity index (χ2v) is 7.77. The summed E-state index contributed by atoms with van der Waals surface area (Å²) in [4.78, 5) is 16.5. The number of rotatable bonds is 6. The van der Waals surface area contributed by atoms with Crippen molar-refractivity contribution in [2.45, 2.75) is 39.0 Å². The predicted octanol–water partition coefficient (Wildman–Crippen LogP) is 4.30. The van der Waals surface area contributed by atoms with E-state index in [1.165, 1.54) is 5.56 Å². The summed E-state index contributed by atoms with van der Waals surface area (Å²) in [6.45, 7) is 4.97. The molecule has 2 heterocycles. The van der Waals surface area contributed by atoms with Gasteiger partial charge in [0.25, 0.3) is 5.91 Å². The van der Waals surface area contributed by atoms with Crippen LogP contribution in [0.2, 0.25) is 0 Å². The van der Waals surface area contributed by atoms with Crippen LogP contribution in [-0.4, -0.2) is 16.5 Å². The summed E-state index contributed by atoms with van der Waals surface area (Å²) in [7, 11) is 0. The van der Waals surface area contributed by atoms with E-state index in [4.69, 9.17) is 9.47 Å². The summed E-state index contributed by atoms with van der Waals surface area (Å²) < 4.78 is 12.0. The van der Waals surface area contributed by atoms with E-state index < -0.39 is 0 Å². The Morgan fingerprint density at radius 3 is 2.69 bits per heavy atom. The first-order chi connectivity index (χ1) is 14.0. The lowest BCUT2D eigenvalue weighted by Gasteiger charge is -2.18. The number of carbonyl (C=O) groups excluding carboxylic acids is 1. The standard InChI is InChI=1S/C24H24N2O3/c1-24(2)14-19-6-5-8-21(22(19)29-24)28-16-17-9-11-18(12-10-17)23(27)26-15-20-7-3-4-13-25-20/h3-13H,14-16H2,1-2H3,(H,26,27). The summed E-state index contributed by atoms with van der Waals surface area (Å²) in [6.07, 6.45) is 2.59. The molecule has 0 fully saturated rings. The van der Waals surface area contributed by atoms with Crippen LogP contribution < -0.4 is 14.8 Å². The Labute approximate surface area is 170 Å². The van der Waals surface area contributed by atoms with Gasteiger partial charge in [-0.2, -0.15) is 0 Å². The van der Waals surface area contributed by atoms with Crippen molar-refractivity contribution in [3.8, 4) is 11.5 Å². The third-order valence-electron chi connectivity index (χ3n) is 4.82. The highest BCUT2D eigenvalue weighted by Gasteiger charge is 2.32. The molecule has 0 radical (unpaired) electrons. The smallest absolute Gasteiger partial charge is 0.251 e. The summed E-state index contributed by atoms with van der Waals surface area (Å²) in [5, 5.41) is 2.88. The molecule has 0 bridgehead atoms. The molecule has 0 spiro atoms. The van der Waals surface area contributed by atoms with Gasteiger partial charge in [-0.25, -0.2) is 0 Å². The van der Waals surface area contributed by atoms with E-state index in [-0.39, 0.29) is 11.5 Å². The molecular weight excluding hydrogens is 364 g/mol. The van der Waals surface area contributed by atoms with Gasteiger partial charge >= 0.3 is 0 Å². The first-order valence-electron chi connectivity index (χ1n) is 9.71. The molecular formula is C24H24N2O3. The fourth-order valence-electron chi connectivity index (χ4n) is 3.39. The van der Waals surface area contributed by atoms with Crippen LogP contribution in [0.4, 0.5) is 0 Å². The maximum absolute atomic E-state index is 12.3. The number of aromatic nitrogens is 1. The quantitative estimate of drug-likeness (QED) is 0.684. The zero-order valence-electron chi connectivity index (χ0n) is 16.6. The maximum Gasteiger partial charge on any atom is 0.251 e. The zero-order chi connectivity index (χ0) is 20.3. The van der Waals surface area contributed by atoms with Crippen LogP contribution in [0.3, 0.4) is 0 Å². The minimum atomic E-state index is -0.202. The second-order valence-electron chi connectivity index (χ2n) is 7.77. The molecule has 0 unspecified atom stereocenters. The summed E-state index contributed by atoms with van der Waals surface area (Å²) >= 11 is 0. The molecule has 5 nitrogen and oxygen atoms in total. The van der Waals surface area contributed by atoms with Crippen molar-refractivity contribution in [1.82, 2.24) is 10.3 Å². The van der Waals surface area contributed by atoms with Crippen LogP contribution in [0.25, 0.3) is 0 Å². The summed E-state index contributed by atoms with van der Waals surface area (Å²) in [6, 6.07) is 19.1. The third-order valence-corrected chi connectivity index (χ3v) is 4.82. The van der Waals surface area contributed by atoms with Crippen LogP contribution in [0.5, 0.6) is 11.5 Å². The van der Waals surface area contributed by atoms with Crippen LogP contribution in [0.15, 0.2) is 66.9 Å². The molecule has 3 aromatic rings. The molecule has 0 saturated heterocycles. The molecule has 1 aliphatic rings. The van der Waals surface area contributed by atoms with Crippen molar-refractivity contribution in [1.29, 1.82) is 0 Å². The Morgan fingerprint density at radius 1 is 1.10 bits per heavy atom. The molecule has 0 atom stereocenters. The molecule has 0 saturated carbocycles. The predicted molar refractivity (Wildman–Crippen MR) is 111 cm³/mol. The van der Waals surface area contributed by atoms with Gasteiger partial charge in [0.15, 0.2) is 11.5 Å². The number of carbonyl (C=O) groups is 1. The molecule has 148 valence electrons. The number of nitrogens with zero attached hydrogens (tertiary/aromatic N) is 1. The minimum Gasteiger partial charge on any atom is -0.485 e. The highest BCUT2D eigenvalue weighted by atomic mass is 16.5. The monoisotopic (exact) mass is 388 g/mol. The van der Waals surface area contributed by atoms with Gasteiger partial charge in [-0.15, -0.1) is 0 Å². The van der Waals surface area contributed by atoms with Gasteiger partial charge in [0, 0.05) is 23.7 Å². The van der Waals surface area contributed by atoms with Crippen LogP contribution in [0.1, 0.15) is 41.0 Å². The number of hydrogen-bond donors (Lipinski definition) is 1. The Morgan fingerprint density at radius 2 is 1.93 bits per heavy atom. The van der Waals surface area contributed by atoms with Gasteiger partial charge < -0.3 is 14.8 Å². The molecule has 1 aromatic heterocycles. The highest BCUT2D eigenvalue weighted by molar-refractivity contribution is 5.94. The lowest BCUT2D eigenvalue weighted by Crippen LogP contribution is -2.24. The number of hydrogen-bond acceptors (Lipinski definition) is 4. The number of fused-ring (bicyclic) bond motifs is 1. The maximum atomic E-state index is 12.3.